The fraction of sp³-hybridized carbons (Fsp3) is 0.562. The van der Waals surface area contributed by atoms with Gasteiger partial charge in [0, 0.05) is 43.9 Å². The lowest BCUT2D eigenvalue weighted by molar-refractivity contribution is 0.0956. The predicted molar refractivity (Wildman–Crippen MR) is 85.5 cm³/mol. The molecule has 3 rings (SSSR count). The van der Waals surface area contributed by atoms with Crippen molar-refractivity contribution in [3.8, 4) is 5.88 Å². The first-order valence-electron chi connectivity index (χ1n) is 7.74. The van der Waals surface area contributed by atoms with Crippen LogP contribution in [-0.4, -0.2) is 58.7 Å². The minimum absolute atomic E-state index is 0.116. The third-order valence-corrected chi connectivity index (χ3v) is 4.47. The van der Waals surface area contributed by atoms with Gasteiger partial charge in [0.1, 0.15) is 0 Å². The molecule has 7 nitrogen and oxygen atoms in total. The van der Waals surface area contributed by atoms with E-state index in [0.717, 1.165) is 36.6 Å². The van der Waals surface area contributed by atoms with E-state index in [9.17, 15) is 0 Å². The van der Waals surface area contributed by atoms with Crippen LogP contribution < -0.4 is 4.74 Å². The third-order valence-electron chi connectivity index (χ3n) is 4.47. The molecule has 124 valence electrons. The van der Waals surface area contributed by atoms with Gasteiger partial charge in [0.2, 0.25) is 5.88 Å². The van der Waals surface area contributed by atoms with Crippen LogP contribution in [0.3, 0.4) is 0 Å². The number of aromatic amines is 1. The number of hydrogen-bond acceptors (Lipinski definition) is 6. The third kappa shape index (κ3) is 3.20. The molecule has 0 amide bonds. The summed E-state index contributed by atoms with van der Waals surface area (Å²) in [7, 11) is 3.42. The molecule has 1 N–H and O–H groups in total. The van der Waals surface area contributed by atoms with Gasteiger partial charge in [-0.05, 0) is 25.5 Å². The summed E-state index contributed by atoms with van der Waals surface area (Å²) in [5.74, 6) is 0.935. The minimum Gasteiger partial charge on any atom is -0.481 e. The number of methoxy groups -OCH3 is 2. The van der Waals surface area contributed by atoms with Crippen molar-refractivity contribution >= 4 is 0 Å². The molecule has 0 saturated carbocycles. The molecule has 0 bridgehead atoms. The van der Waals surface area contributed by atoms with E-state index in [2.05, 4.69) is 38.3 Å². The highest BCUT2D eigenvalue weighted by molar-refractivity contribution is 5.36. The van der Waals surface area contributed by atoms with E-state index in [1.807, 2.05) is 6.92 Å². The predicted octanol–water partition coefficient (Wildman–Crippen LogP) is 1.44. The maximum absolute atomic E-state index is 5.65. The molecule has 2 atom stereocenters. The SMILES string of the molecule is COc1nc(C)cc(C)c1CN1C[C@@H](OC)[C@H](c2cn[nH]n2)C1. The molecule has 23 heavy (non-hydrogen) atoms. The number of rotatable bonds is 5. The van der Waals surface area contributed by atoms with Gasteiger partial charge < -0.3 is 9.47 Å². The second-order valence-corrected chi connectivity index (χ2v) is 6.04. The van der Waals surface area contributed by atoms with Crippen molar-refractivity contribution in [1.29, 1.82) is 0 Å². The summed E-state index contributed by atoms with van der Waals surface area (Å²) < 4.78 is 11.1. The van der Waals surface area contributed by atoms with Crippen LogP contribution in [0, 0.1) is 13.8 Å². The summed E-state index contributed by atoms with van der Waals surface area (Å²) in [5.41, 5.74) is 4.26. The first-order chi connectivity index (χ1) is 11.1. The Morgan fingerprint density at radius 1 is 1.30 bits per heavy atom. The lowest BCUT2D eigenvalue weighted by atomic mass is 10.0. The number of likely N-dealkylation sites (tertiary alicyclic amines) is 1. The average molecular weight is 317 g/mol. The zero-order valence-corrected chi connectivity index (χ0v) is 14.0. The Bertz CT molecular complexity index is 659. The van der Waals surface area contributed by atoms with Crippen LogP contribution in [0.4, 0.5) is 0 Å². The van der Waals surface area contributed by atoms with E-state index in [-0.39, 0.29) is 12.0 Å². The van der Waals surface area contributed by atoms with E-state index in [1.165, 1.54) is 5.56 Å². The van der Waals surface area contributed by atoms with Gasteiger partial charge in [0.25, 0.3) is 0 Å². The monoisotopic (exact) mass is 317 g/mol. The second kappa shape index (κ2) is 6.64. The summed E-state index contributed by atoms with van der Waals surface area (Å²) in [6.45, 7) is 6.60. The highest BCUT2D eigenvalue weighted by atomic mass is 16.5. The fourth-order valence-electron chi connectivity index (χ4n) is 3.31. The summed E-state index contributed by atoms with van der Waals surface area (Å²) in [4.78, 5) is 6.85. The lowest BCUT2D eigenvalue weighted by Gasteiger charge is -2.19. The van der Waals surface area contributed by atoms with Crippen molar-refractivity contribution in [3.63, 3.8) is 0 Å². The van der Waals surface area contributed by atoms with Crippen molar-refractivity contribution in [2.24, 2.45) is 0 Å². The molecule has 0 spiro atoms. The van der Waals surface area contributed by atoms with E-state index >= 15 is 0 Å². The van der Waals surface area contributed by atoms with E-state index in [0.29, 0.717) is 5.88 Å². The number of aromatic nitrogens is 4. The van der Waals surface area contributed by atoms with Crippen LogP contribution in [-0.2, 0) is 11.3 Å². The topological polar surface area (TPSA) is 76.2 Å². The summed E-state index contributed by atoms with van der Waals surface area (Å²) in [5, 5.41) is 10.8. The van der Waals surface area contributed by atoms with Gasteiger partial charge in [-0.2, -0.15) is 15.4 Å². The number of ether oxygens (including phenoxy) is 2. The van der Waals surface area contributed by atoms with Gasteiger partial charge in [-0.1, -0.05) is 0 Å². The van der Waals surface area contributed by atoms with Crippen molar-refractivity contribution < 1.29 is 9.47 Å². The fourth-order valence-corrected chi connectivity index (χ4v) is 3.31. The molecule has 1 fully saturated rings. The Morgan fingerprint density at radius 2 is 2.13 bits per heavy atom. The van der Waals surface area contributed by atoms with Gasteiger partial charge in [0.05, 0.1) is 25.1 Å². The van der Waals surface area contributed by atoms with Gasteiger partial charge in [-0.3, -0.25) is 4.90 Å². The molecule has 2 aromatic rings. The normalized spacial score (nSPS) is 21.7. The Balaban J connectivity index is 1.79. The number of nitrogens with one attached hydrogen (secondary N) is 1. The van der Waals surface area contributed by atoms with Gasteiger partial charge in [-0.25, -0.2) is 4.98 Å². The second-order valence-electron chi connectivity index (χ2n) is 6.04. The molecule has 0 unspecified atom stereocenters. The zero-order chi connectivity index (χ0) is 16.4. The number of H-pyrrole nitrogens is 1. The van der Waals surface area contributed by atoms with Gasteiger partial charge in [-0.15, -0.1) is 0 Å². The zero-order valence-electron chi connectivity index (χ0n) is 14.0. The van der Waals surface area contributed by atoms with Crippen LogP contribution in [0.2, 0.25) is 0 Å². The van der Waals surface area contributed by atoms with Crippen LogP contribution in [0.5, 0.6) is 5.88 Å². The van der Waals surface area contributed by atoms with Crippen molar-refractivity contribution in [2.75, 3.05) is 27.3 Å². The van der Waals surface area contributed by atoms with Crippen LogP contribution >= 0.6 is 0 Å². The maximum atomic E-state index is 5.65. The van der Waals surface area contributed by atoms with Crippen molar-refractivity contribution in [2.45, 2.75) is 32.4 Å². The largest absolute Gasteiger partial charge is 0.481 e. The molecule has 7 heteroatoms. The van der Waals surface area contributed by atoms with E-state index in [1.54, 1.807) is 20.4 Å². The average Bonchev–Trinajstić information content (AvgIpc) is 3.18. The van der Waals surface area contributed by atoms with Crippen LogP contribution in [0.15, 0.2) is 12.3 Å². The Morgan fingerprint density at radius 3 is 2.78 bits per heavy atom. The first kappa shape index (κ1) is 15.9. The summed E-state index contributed by atoms with van der Waals surface area (Å²) >= 11 is 0. The molecule has 1 saturated heterocycles. The minimum atomic E-state index is 0.116. The smallest absolute Gasteiger partial charge is 0.218 e. The highest BCUT2D eigenvalue weighted by Gasteiger charge is 2.36. The van der Waals surface area contributed by atoms with Crippen molar-refractivity contribution in [3.05, 3.63) is 34.8 Å². The Kier molecular flexibility index (Phi) is 4.58. The number of hydrogen-bond donors (Lipinski definition) is 1. The molecule has 0 aromatic carbocycles. The van der Waals surface area contributed by atoms with Gasteiger partial charge >= 0.3 is 0 Å². The number of nitrogens with zero attached hydrogens (tertiary/aromatic N) is 4. The van der Waals surface area contributed by atoms with Crippen molar-refractivity contribution in [1.82, 2.24) is 25.3 Å². The molecule has 0 aliphatic carbocycles. The summed E-state index contributed by atoms with van der Waals surface area (Å²) in [6.07, 6.45) is 1.89. The molecule has 2 aromatic heterocycles. The molecular formula is C16H23N5O2. The maximum Gasteiger partial charge on any atom is 0.218 e. The number of aryl methyl sites for hydroxylation is 2. The molecule has 0 radical (unpaired) electrons. The molecule has 3 heterocycles. The lowest BCUT2D eigenvalue weighted by Crippen LogP contribution is -2.23. The Hall–Kier alpha value is -1.99. The van der Waals surface area contributed by atoms with E-state index < -0.39 is 0 Å². The summed E-state index contributed by atoms with van der Waals surface area (Å²) in [6, 6.07) is 2.09. The number of pyridine rings is 1. The molecule has 1 aliphatic rings. The Labute approximate surface area is 136 Å². The van der Waals surface area contributed by atoms with E-state index in [4.69, 9.17) is 9.47 Å². The van der Waals surface area contributed by atoms with Gasteiger partial charge in [0.15, 0.2) is 0 Å². The van der Waals surface area contributed by atoms with Crippen LogP contribution in [0.25, 0.3) is 0 Å². The molecular weight excluding hydrogens is 294 g/mol. The first-order valence-corrected chi connectivity index (χ1v) is 7.74. The highest BCUT2D eigenvalue weighted by Crippen LogP contribution is 2.31. The standard InChI is InChI=1S/C16H23N5O2/c1-10-5-11(2)18-16(23-4)12(10)7-21-8-13(15(9-21)22-3)14-6-17-20-19-14/h5-6,13,15H,7-9H2,1-4H3,(H,17,19,20)/t13-,15+/m0/s1. The quantitative estimate of drug-likeness (QED) is 0.899. The van der Waals surface area contributed by atoms with Crippen LogP contribution in [0.1, 0.15) is 28.4 Å². The molecule has 1 aliphatic heterocycles.